The molecular formula is C22H29Br. The minimum absolute atomic E-state index is 0.458. The Labute approximate surface area is 150 Å². The Balaban J connectivity index is 1.91. The van der Waals surface area contributed by atoms with Crippen LogP contribution in [0.15, 0.2) is 53.0 Å². The van der Waals surface area contributed by atoms with Crippen LogP contribution < -0.4 is 0 Å². The molecule has 2 aromatic rings. The van der Waals surface area contributed by atoms with Gasteiger partial charge in [-0.25, -0.2) is 0 Å². The molecule has 0 atom stereocenters. The Morgan fingerprint density at radius 3 is 1.91 bits per heavy atom. The Kier molecular flexibility index (Phi) is 6.89. The molecule has 0 heterocycles. The number of benzene rings is 2. The Morgan fingerprint density at radius 1 is 0.783 bits per heavy atom. The first-order chi connectivity index (χ1) is 11.0. The first-order valence-corrected chi connectivity index (χ1v) is 9.64. The number of aryl methyl sites for hydroxylation is 1. The quantitative estimate of drug-likeness (QED) is 0.417. The molecule has 23 heavy (non-hydrogen) atoms. The van der Waals surface area contributed by atoms with E-state index in [4.69, 9.17) is 0 Å². The van der Waals surface area contributed by atoms with E-state index in [-0.39, 0.29) is 0 Å². The maximum Gasteiger partial charge on any atom is 0.0175 e. The minimum Gasteiger partial charge on any atom is -0.0654 e. The topological polar surface area (TPSA) is 0 Å². The van der Waals surface area contributed by atoms with E-state index in [2.05, 4.69) is 85.2 Å². The van der Waals surface area contributed by atoms with E-state index >= 15 is 0 Å². The van der Waals surface area contributed by atoms with Gasteiger partial charge in [-0.05, 0) is 53.5 Å². The minimum atomic E-state index is 0.458. The first-order valence-electron chi connectivity index (χ1n) is 8.85. The van der Waals surface area contributed by atoms with Crippen molar-refractivity contribution in [1.82, 2.24) is 0 Å². The summed E-state index contributed by atoms with van der Waals surface area (Å²) in [6.45, 7) is 7.11. The largest absolute Gasteiger partial charge is 0.0654 e. The zero-order chi connectivity index (χ0) is 16.7. The van der Waals surface area contributed by atoms with E-state index in [0.717, 1.165) is 4.47 Å². The normalized spacial score (nSPS) is 11.7. The smallest absolute Gasteiger partial charge is 0.0175 e. The summed E-state index contributed by atoms with van der Waals surface area (Å²) in [5.41, 5.74) is 4.48. The van der Waals surface area contributed by atoms with E-state index in [0.29, 0.717) is 5.41 Å². The van der Waals surface area contributed by atoms with Crippen LogP contribution in [0.25, 0.3) is 11.1 Å². The molecule has 124 valence electrons. The number of hydrogen-bond donors (Lipinski definition) is 0. The molecule has 0 aliphatic heterocycles. The average molecular weight is 373 g/mol. The second kappa shape index (κ2) is 8.68. The van der Waals surface area contributed by atoms with Gasteiger partial charge in [0.05, 0.1) is 0 Å². The number of unbranched alkanes of at least 4 members (excludes halogenated alkanes) is 2. The fourth-order valence-corrected chi connectivity index (χ4v) is 3.23. The van der Waals surface area contributed by atoms with Crippen LogP contribution in [0.5, 0.6) is 0 Å². The van der Waals surface area contributed by atoms with Crippen LogP contribution in [0.1, 0.15) is 58.4 Å². The van der Waals surface area contributed by atoms with Gasteiger partial charge in [0.15, 0.2) is 0 Å². The molecule has 2 rings (SSSR count). The molecule has 0 aliphatic carbocycles. The molecule has 1 heteroatoms. The zero-order valence-electron chi connectivity index (χ0n) is 14.7. The molecule has 0 spiro atoms. The fraction of sp³-hybridized carbons (Fsp3) is 0.455. The third-order valence-corrected chi connectivity index (χ3v) is 5.21. The highest BCUT2D eigenvalue weighted by Gasteiger charge is 2.16. The van der Waals surface area contributed by atoms with Crippen LogP contribution in [0.3, 0.4) is 0 Å². The lowest BCUT2D eigenvalue weighted by Crippen LogP contribution is -2.12. The van der Waals surface area contributed by atoms with Crippen molar-refractivity contribution in [2.24, 2.45) is 5.41 Å². The summed E-state index contributed by atoms with van der Waals surface area (Å²) < 4.78 is 1.13. The van der Waals surface area contributed by atoms with Crippen LogP contribution >= 0.6 is 15.9 Å². The molecule has 0 amide bonds. The van der Waals surface area contributed by atoms with Gasteiger partial charge in [0.2, 0.25) is 0 Å². The fourth-order valence-electron chi connectivity index (χ4n) is 2.97. The third kappa shape index (κ3) is 6.14. The van der Waals surface area contributed by atoms with Crippen LogP contribution in [-0.2, 0) is 6.42 Å². The van der Waals surface area contributed by atoms with Crippen molar-refractivity contribution in [3.8, 4) is 11.1 Å². The van der Waals surface area contributed by atoms with E-state index < -0.39 is 0 Å². The summed E-state index contributed by atoms with van der Waals surface area (Å²) in [6, 6.07) is 17.6. The van der Waals surface area contributed by atoms with Crippen molar-refractivity contribution in [2.75, 3.05) is 0 Å². The molecule has 0 saturated heterocycles. The van der Waals surface area contributed by atoms with Gasteiger partial charge < -0.3 is 0 Å². The zero-order valence-corrected chi connectivity index (χ0v) is 16.3. The van der Waals surface area contributed by atoms with Crippen LogP contribution in [0.4, 0.5) is 0 Å². The molecule has 0 unspecified atom stereocenters. The third-order valence-electron chi connectivity index (χ3n) is 4.68. The van der Waals surface area contributed by atoms with Crippen LogP contribution in [0, 0.1) is 5.41 Å². The molecule has 0 fully saturated rings. The Bertz CT molecular complexity index is 578. The first kappa shape index (κ1) is 18.3. The van der Waals surface area contributed by atoms with Crippen molar-refractivity contribution in [1.29, 1.82) is 0 Å². The van der Waals surface area contributed by atoms with E-state index in [1.807, 2.05) is 0 Å². The van der Waals surface area contributed by atoms with Crippen LogP contribution in [-0.4, -0.2) is 0 Å². The monoisotopic (exact) mass is 372 g/mol. The van der Waals surface area contributed by atoms with Gasteiger partial charge in [0.25, 0.3) is 0 Å². The molecule has 0 bridgehead atoms. The molecule has 0 radical (unpaired) electrons. The summed E-state index contributed by atoms with van der Waals surface area (Å²) >= 11 is 3.49. The van der Waals surface area contributed by atoms with Gasteiger partial charge in [-0.3, -0.25) is 0 Å². The summed E-state index contributed by atoms with van der Waals surface area (Å²) in [6.07, 6.45) is 7.84. The summed E-state index contributed by atoms with van der Waals surface area (Å²) in [7, 11) is 0. The van der Waals surface area contributed by atoms with Crippen molar-refractivity contribution in [3.05, 3.63) is 58.6 Å². The second-order valence-electron chi connectivity index (χ2n) is 7.33. The predicted octanol–water partition coefficient (Wildman–Crippen LogP) is 7.66. The van der Waals surface area contributed by atoms with Gasteiger partial charge in [-0.15, -0.1) is 0 Å². The van der Waals surface area contributed by atoms with Gasteiger partial charge in [-0.1, -0.05) is 92.4 Å². The highest BCUT2D eigenvalue weighted by molar-refractivity contribution is 9.10. The van der Waals surface area contributed by atoms with Gasteiger partial charge in [0.1, 0.15) is 0 Å². The molecular weight excluding hydrogens is 344 g/mol. The highest BCUT2D eigenvalue weighted by Crippen LogP contribution is 2.30. The number of rotatable bonds is 8. The van der Waals surface area contributed by atoms with Crippen LogP contribution in [0.2, 0.25) is 0 Å². The number of hydrogen-bond acceptors (Lipinski definition) is 0. The summed E-state index contributed by atoms with van der Waals surface area (Å²) in [5, 5.41) is 0. The number of halogens is 1. The Morgan fingerprint density at radius 2 is 1.35 bits per heavy atom. The summed E-state index contributed by atoms with van der Waals surface area (Å²) in [4.78, 5) is 0. The van der Waals surface area contributed by atoms with Crippen molar-refractivity contribution >= 4 is 15.9 Å². The molecule has 0 saturated carbocycles. The standard InChI is InChI=1S/C22H29Br/c1-4-5-6-16-22(2,3)17-15-18-7-9-19(10-8-18)20-11-13-21(23)14-12-20/h7-14H,4-6,15-17H2,1-3H3. The maximum absolute atomic E-state index is 3.49. The lowest BCUT2D eigenvalue weighted by molar-refractivity contribution is 0.296. The summed E-state index contributed by atoms with van der Waals surface area (Å²) in [5.74, 6) is 0. The lowest BCUT2D eigenvalue weighted by Gasteiger charge is -2.24. The lowest BCUT2D eigenvalue weighted by atomic mass is 9.81. The molecule has 0 N–H and O–H groups in total. The Hall–Kier alpha value is -1.08. The molecule has 0 nitrogen and oxygen atoms in total. The average Bonchev–Trinajstić information content (AvgIpc) is 2.54. The maximum atomic E-state index is 3.49. The molecule has 0 aromatic heterocycles. The van der Waals surface area contributed by atoms with Gasteiger partial charge in [0, 0.05) is 4.47 Å². The van der Waals surface area contributed by atoms with Crippen molar-refractivity contribution < 1.29 is 0 Å². The van der Waals surface area contributed by atoms with Crippen molar-refractivity contribution in [3.63, 3.8) is 0 Å². The van der Waals surface area contributed by atoms with E-state index in [9.17, 15) is 0 Å². The van der Waals surface area contributed by atoms with Crippen molar-refractivity contribution in [2.45, 2.75) is 59.3 Å². The van der Waals surface area contributed by atoms with Gasteiger partial charge >= 0.3 is 0 Å². The van der Waals surface area contributed by atoms with E-state index in [1.165, 1.54) is 55.2 Å². The predicted molar refractivity (Wildman–Crippen MR) is 106 cm³/mol. The highest BCUT2D eigenvalue weighted by atomic mass is 79.9. The second-order valence-corrected chi connectivity index (χ2v) is 8.24. The molecule has 2 aromatic carbocycles. The molecule has 0 aliphatic rings. The van der Waals surface area contributed by atoms with Gasteiger partial charge in [-0.2, -0.15) is 0 Å². The SMILES string of the molecule is CCCCCC(C)(C)CCc1ccc(-c2ccc(Br)cc2)cc1. The van der Waals surface area contributed by atoms with E-state index in [1.54, 1.807) is 0 Å².